The minimum absolute atomic E-state index is 0.0165. The highest BCUT2D eigenvalue weighted by Gasteiger charge is 2.29. The van der Waals surface area contributed by atoms with Crippen molar-refractivity contribution in [1.29, 1.82) is 0 Å². The van der Waals surface area contributed by atoms with E-state index in [0.717, 1.165) is 30.2 Å². The Morgan fingerprint density at radius 1 is 1.09 bits per heavy atom. The van der Waals surface area contributed by atoms with Crippen molar-refractivity contribution >= 4 is 33.2 Å². The van der Waals surface area contributed by atoms with Crippen molar-refractivity contribution in [2.75, 3.05) is 45.2 Å². The summed E-state index contributed by atoms with van der Waals surface area (Å²) in [5, 5.41) is 3.44. The molecule has 1 fully saturated rings. The predicted octanol–water partition coefficient (Wildman–Crippen LogP) is 2.76. The first-order chi connectivity index (χ1) is 15.2. The van der Waals surface area contributed by atoms with Gasteiger partial charge in [-0.1, -0.05) is 11.6 Å². The van der Waals surface area contributed by atoms with E-state index in [2.05, 4.69) is 10.2 Å². The van der Waals surface area contributed by atoms with Crippen LogP contribution in [0.3, 0.4) is 0 Å². The highest BCUT2D eigenvalue weighted by Crippen LogP contribution is 2.32. The van der Waals surface area contributed by atoms with Crippen LogP contribution < -0.4 is 19.1 Å². The van der Waals surface area contributed by atoms with E-state index in [1.54, 1.807) is 24.3 Å². The lowest BCUT2D eigenvalue weighted by molar-refractivity contribution is -0.120. The number of rotatable bonds is 8. The van der Waals surface area contributed by atoms with E-state index in [1.165, 1.54) is 32.4 Å². The van der Waals surface area contributed by atoms with Crippen LogP contribution in [0.2, 0.25) is 5.02 Å². The van der Waals surface area contributed by atoms with Gasteiger partial charge in [-0.2, -0.15) is 0 Å². The van der Waals surface area contributed by atoms with E-state index >= 15 is 0 Å². The number of methoxy groups -OCH3 is 2. The largest absolute Gasteiger partial charge is 0.493 e. The van der Waals surface area contributed by atoms with Crippen molar-refractivity contribution in [3.63, 3.8) is 0 Å². The zero-order valence-corrected chi connectivity index (χ0v) is 19.9. The van der Waals surface area contributed by atoms with E-state index in [-0.39, 0.29) is 29.1 Å². The molecule has 1 aliphatic heterocycles. The average Bonchev–Trinajstić information content (AvgIpc) is 2.79. The summed E-state index contributed by atoms with van der Waals surface area (Å²) in [6.07, 6.45) is 1.65. The second-order valence-electron chi connectivity index (χ2n) is 7.65. The molecule has 0 radical (unpaired) electrons. The fraction of sp³-hybridized carbons (Fsp3) is 0.409. The van der Waals surface area contributed by atoms with E-state index in [1.807, 2.05) is 7.05 Å². The minimum Gasteiger partial charge on any atom is -0.493 e. The summed E-state index contributed by atoms with van der Waals surface area (Å²) < 4.78 is 38.7. The van der Waals surface area contributed by atoms with Gasteiger partial charge in [-0.25, -0.2) is 8.42 Å². The fourth-order valence-corrected chi connectivity index (χ4v) is 5.15. The van der Waals surface area contributed by atoms with E-state index in [4.69, 9.17) is 21.1 Å². The van der Waals surface area contributed by atoms with Crippen molar-refractivity contribution in [2.24, 2.45) is 0 Å². The maximum Gasteiger partial charge on any atom is 0.264 e. The van der Waals surface area contributed by atoms with Crippen LogP contribution in [0.5, 0.6) is 11.5 Å². The number of carbonyl (C=O) groups excluding carboxylic acids is 1. The highest BCUT2D eigenvalue weighted by atomic mass is 35.5. The van der Waals surface area contributed by atoms with Crippen LogP contribution in [0.1, 0.15) is 12.8 Å². The quantitative estimate of drug-likeness (QED) is 0.623. The molecule has 0 atom stereocenters. The molecule has 2 aromatic carbocycles. The summed E-state index contributed by atoms with van der Waals surface area (Å²) in [6, 6.07) is 10.7. The Balaban J connectivity index is 1.90. The molecular weight excluding hydrogens is 454 g/mol. The van der Waals surface area contributed by atoms with Crippen molar-refractivity contribution in [3.8, 4) is 11.5 Å². The number of hydrogen-bond donors (Lipinski definition) is 1. The number of carbonyl (C=O) groups is 1. The number of amides is 1. The Morgan fingerprint density at radius 3 is 2.31 bits per heavy atom. The van der Waals surface area contributed by atoms with E-state index < -0.39 is 10.0 Å². The number of hydrogen-bond acceptors (Lipinski definition) is 6. The highest BCUT2D eigenvalue weighted by molar-refractivity contribution is 7.92. The molecule has 32 heavy (non-hydrogen) atoms. The summed E-state index contributed by atoms with van der Waals surface area (Å²) >= 11 is 5.99. The van der Waals surface area contributed by atoms with Gasteiger partial charge in [0.25, 0.3) is 10.0 Å². The lowest BCUT2D eigenvalue weighted by Crippen LogP contribution is -2.47. The number of benzene rings is 2. The van der Waals surface area contributed by atoms with Gasteiger partial charge in [-0.15, -0.1) is 0 Å². The third kappa shape index (κ3) is 5.65. The number of anilines is 1. The summed E-state index contributed by atoms with van der Waals surface area (Å²) in [4.78, 5) is 15.0. The van der Waals surface area contributed by atoms with Gasteiger partial charge >= 0.3 is 0 Å². The summed E-state index contributed by atoms with van der Waals surface area (Å²) in [7, 11) is 0.857. The number of ether oxygens (including phenoxy) is 2. The zero-order valence-electron chi connectivity index (χ0n) is 18.4. The fourth-order valence-electron chi connectivity index (χ4n) is 3.58. The average molecular weight is 482 g/mol. The monoisotopic (exact) mass is 481 g/mol. The van der Waals surface area contributed by atoms with Crippen molar-refractivity contribution in [1.82, 2.24) is 10.2 Å². The number of piperidine rings is 1. The molecule has 174 valence electrons. The van der Waals surface area contributed by atoms with Crippen LogP contribution >= 0.6 is 11.6 Å². The Labute approximate surface area is 194 Å². The first-order valence-corrected chi connectivity index (χ1v) is 12.0. The number of likely N-dealkylation sites (tertiary alicyclic amines) is 1. The van der Waals surface area contributed by atoms with Crippen LogP contribution in [0.4, 0.5) is 5.69 Å². The van der Waals surface area contributed by atoms with Gasteiger partial charge in [0.15, 0.2) is 11.5 Å². The normalized spacial score (nSPS) is 15.2. The molecule has 0 saturated carbocycles. The molecular formula is C22H28ClN3O5S. The van der Waals surface area contributed by atoms with Crippen molar-refractivity contribution < 1.29 is 22.7 Å². The molecule has 1 aliphatic rings. The summed E-state index contributed by atoms with van der Waals surface area (Å²) in [5.74, 6) is 0.323. The van der Waals surface area contributed by atoms with Gasteiger partial charge < -0.3 is 19.7 Å². The van der Waals surface area contributed by atoms with Crippen molar-refractivity contribution in [3.05, 3.63) is 47.5 Å². The molecule has 0 aromatic heterocycles. The molecule has 8 nitrogen and oxygen atoms in total. The number of sulfonamides is 1. The number of nitrogens with zero attached hydrogens (tertiary/aromatic N) is 2. The molecule has 1 amide bonds. The maximum atomic E-state index is 13.6. The Kier molecular flexibility index (Phi) is 7.86. The third-order valence-corrected chi connectivity index (χ3v) is 7.45. The molecule has 0 spiro atoms. The molecule has 0 bridgehead atoms. The maximum absolute atomic E-state index is 13.6. The Bertz CT molecular complexity index is 1040. The predicted molar refractivity (Wildman–Crippen MR) is 124 cm³/mol. The molecule has 2 aromatic rings. The molecule has 3 rings (SSSR count). The first kappa shape index (κ1) is 24.2. The Hall–Kier alpha value is -2.49. The third-order valence-electron chi connectivity index (χ3n) is 5.43. The standard InChI is InChI=1S/C22H28ClN3O5S/c1-25-12-10-17(11-13-25)24-22(27)15-26(18-6-4-16(23)5-7-18)32(28,29)19-8-9-20(30-2)21(14-19)31-3/h4-9,14,17H,10-13,15H2,1-3H3,(H,24,27). The summed E-state index contributed by atoms with van der Waals surface area (Å²) in [5.41, 5.74) is 0.336. The second-order valence-corrected chi connectivity index (χ2v) is 9.95. The molecule has 0 aliphatic carbocycles. The zero-order chi connectivity index (χ0) is 23.3. The van der Waals surface area contributed by atoms with Crippen LogP contribution in [0.15, 0.2) is 47.4 Å². The van der Waals surface area contributed by atoms with Crippen LogP contribution in [-0.2, 0) is 14.8 Å². The van der Waals surface area contributed by atoms with Crippen molar-refractivity contribution in [2.45, 2.75) is 23.8 Å². The number of halogens is 1. The van der Waals surface area contributed by atoms with Crippen LogP contribution in [-0.4, -0.2) is 66.2 Å². The molecule has 1 N–H and O–H groups in total. The van der Waals surface area contributed by atoms with Crippen LogP contribution in [0.25, 0.3) is 0 Å². The van der Waals surface area contributed by atoms with Gasteiger partial charge in [0.2, 0.25) is 5.91 Å². The SMILES string of the molecule is COc1ccc(S(=O)(=O)N(CC(=O)NC2CCN(C)CC2)c2ccc(Cl)cc2)cc1OC. The van der Waals surface area contributed by atoms with E-state index in [0.29, 0.717) is 16.5 Å². The van der Waals surface area contributed by atoms with Gasteiger partial charge in [0.05, 0.1) is 24.8 Å². The first-order valence-electron chi connectivity index (χ1n) is 10.2. The van der Waals surface area contributed by atoms with E-state index in [9.17, 15) is 13.2 Å². The van der Waals surface area contributed by atoms with Gasteiger partial charge in [0.1, 0.15) is 6.54 Å². The topological polar surface area (TPSA) is 88.2 Å². The smallest absolute Gasteiger partial charge is 0.264 e. The van der Waals surface area contributed by atoms with Crippen LogP contribution in [0, 0.1) is 0 Å². The lowest BCUT2D eigenvalue weighted by atomic mass is 10.1. The van der Waals surface area contributed by atoms with Gasteiger partial charge in [-0.3, -0.25) is 9.10 Å². The molecule has 0 unspecified atom stereocenters. The van der Waals surface area contributed by atoms with Gasteiger partial charge in [-0.05, 0) is 69.4 Å². The Morgan fingerprint density at radius 2 is 1.72 bits per heavy atom. The molecule has 10 heteroatoms. The molecule has 1 saturated heterocycles. The minimum atomic E-state index is -4.08. The molecule has 1 heterocycles. The summed E-state index contributed by atoms with van der Waals surface area (Å²) in [6.45, 7) is 1.41. The second kappa shape index (κ2) is 10.4. The number of nitrogens with one attached hydrogen (secondary N) is 1. The lowest BCUT2D eigenvalue weighted by Gasteiger charge is -2.30. The van der Waals surface area contributed by atoms with Gasteiger partial charge in [0, 0.05) is 17.1 Å².